The summed E-state index contributed by atoms with van der Waals surface area (Å²) < 4.78 is 21.8. The average Bonchev–Trinajstić information content (AvgIpc) is 2.79. The Morgan fingerprint density at radius 3 is 2.61 bits per heavy atom. The van der Waals surface area contributed by atoms with Crippen LogP contribution in [0.15, 0.2) is 62.9 Å². The third kappa shape index (κ3) is 4.74. The molecule has 0 saturated carbocycles. The molecule has 0 atom stereocenters. The molecule has 0 radical (unpaired) electrons. The first kappa shape index (κ1) is 22.1. The third-order valence-electron chi connectivity index (χ3n) is 5.29. The van der Waals surface area contributed by atoms with Crippen LogP contribution in [0.2, 0.25) is 0 Å². The van der Waals surface area contributed by atoms with Crippen molar-refractivity contribution in [2.75, 3.05) is 14.2 Å². The van der Waals surface area contributed by atoms with Gasteiger partial charge in [0.2, 0.25) is 0 Å². The van der Waals surface area contributed by atoms with Crippen molar-refractivity contribution in [3.63, 3.8) is 0 Å². The van der Waals surface area contributed by atoms with E-state index in [1.807, 2.05) is 19.9 Å². The van der Waals surface area contributed by atoms with Gasteiger partial charge < -0.3 is 23.5 Å². The highest BCUT2D eigenvalue weighted by Gasteiger charge is 2.34. The Morgan fingerprint density at radius 1 is 1.06 bits per heavy atom. The van der Waals surface area contributed by atoms with Gasteiger partial charge in [-0.2, -0.15) is 0 Å². The number of carbonyl (C=O) groups is 1. The van der Waals surface area contributed by atoms with Gasteiger partial charge >= 0.3 is 11.6 Å². The van der Waals surface area contributed by atoms with Crippen molar-refractivity contribution in [2.24, 2.45) is 5.16 Å². The molecule has 1 aliphatic heterocycles. The number of fused-ring (bicyclic) bond motifs is 2. The Hall–Kier alpha value is -4.07. The van der Waals surface area contributed by atoms with Crippen LogP contribution >= 0.6 is 0 Å². The summed E-state index contributed by atoms with van der Waals surface area (Å²) in [6.45, 7) is 3.65. The van der Waals surface area contributed by atoms with Gasteiger partial charge in [-0.05, 0) is 49.8 Å². The zero-order valence-corrected chi connectivity index (χ0v) is 18.7. The normalized spacial score (nSPS) is 15.8. The van der Waals surface area contributed by atoms with Gasteiger partial charge in [-0.25, -0.2) is 9.59 Å². The molecule has 8 nitrogen and oxygen atoms in total. The Bertz CT molecular complexity index is 1330. The van der Waals surface area contributed by atoms with Crippen molar-refractivity contribution >= 4 is 28.7 Å². The Balaban J connectivity index is 1.51. The maximum atomic E-state index is 12.2. The van der Waals surface area contributed by atoms with Gasteiger partial charge in [-0.1, -0.05) is 11.2 Å². The fourth-order valence-corrected chi connectivity index (χ4v) is 3.50. The standard InChI is InChI=1S/C25H23NO7/c1-25(2)22(13-17-12-16-7-10-23(27)31-19(16)14-20(17)32-25)26-33-24(28)9-6-15-5-8-18(29-3)21(11-15)30-4/h5-12,14H,13H2,1-4H3. The van der Waals surface area contributed by atoms with E-state index in [0.29, 0.717) is 35.0 Å². The molecule has 0 bridgehead atoms. The summed E-state index contributed by atoms with van der Waals surface area (Å²) in [6, 6.07) is 11.9. The minimum absolute atomic E-state index is 0.421. The lowest BCUT2D eigenvalue weighted by atomic mass is 9.91. The summed E-state index contributed by atoms with van der Waals surface area (Å²) in [6.07, 6.45) is 3.30. The quantitative estimate of drug-likeness (QED) is 0.250. The van der Waals surface area contributed by atoms with Crippen molar-refractivity contribution in [2.45, 2.75) is 25.9 Å². The summed E-state index contributed by atoms with van der Waals surface area (Å²) >= 11 is 0. The second kappa shape index (κ2) is 8.82. The fraction of sp³-hybridized carbons (Fsp3) is 0.240. The number of methoxy groups -OCH3 is 2. The topological polar surface area (TPSA) is 96.6 Å². The highest BCUT2D eigenvalue weighted by molar-refractivity contribution is 5.97. The predicted octanol–water partition coefficient (Wildman–Crippen LogP) is 4.14. The van der Waals surface area contributed by atoms with E-state index in [0.717, 1.165) is 16.5 Å². The lowest BCUT2D eigenvalue weighted by Crippen LogP contribution is -2.43. The third-order valence-corrected chi connectivity index (χ3v) is 5.29. The van der Waals surface area contributed by atoms with Gasteiger partial charge in [0.05, 0.1) is 14.2 Å². The highest BCUT2D eigenvalue weighted by Crippen LogP contribution is 2.34. The number of ether oxygens (including phenoxy) is 3. The fourth-order valence-electron chi connectivity index (χ4n) is 3.50. The number of benzene rings is 2. The van der Waals surface area contributed by atoms with Crippen molar-refractivity contribution in [3.05, 3.63) is 70.1 Å². The lowest BCUT2D eigenvalue weighted by molar-refractivity contribution is -0.137. The van der Waals surface area contributed by atoms with E-state index in [1.54, 1.807) is 50.6 Å². The number of oxime groups is 1. The predicted molar refractivity (Wildman–Crippen MR) is 123 cm³/mol. The number of hydrogen-bond acceptors (Lipinski definition) is 8. The summed E-state index contributed by atoms with van der Waals surface area (Å²) in [4.78, 5) is 28.9. The van der Waals surface area contributed by atoms with Crippen molar-refractivity contribution in [1.29, 1.82) is 0 Å². The molecule has 2 aromatic carbocycles. The smallest absolute Gasteiger partial charge is 0.358 e. The molecule has 3 aromatic rings. The SMILES string of the molecule is COc1ccc(C=CC(=O)ON=C2Cc3cc4ccc(=O)oc4cc3OC2(C)C)cc1OC. The molecule has 2 heterocycles. The molecule has 0 unspecified atom stereocenters. The molecular formula is C25H23NO7. The van der Waals surface area contributed by atoms with Gasteiger partial charge in [0.1, 0.15) is 22.6 Å². The molecule has 0 aliphatic carbocycles. The highest BCUT2D eigenvalue weighted by atomic mass is 16.7. The Labute approximate surface area is 190 Å². The van der Waals surface area contributed by atoms with Crippen molar-refractivity contribution in [1.82, 2.24) is 0 Å². The molecular weight excluding hydrogens is 426 g/mol. The molecule has 1 aromatic heterocycles. The van der Waals surface area contributed by atoms with Gasteiger partial charge in [0, 0.05) is 35.6 Å². The number of rotatable bonds is 5. The van der Waals surface area contributed by atoms with Crippen molar-refractivity contribution < 1.29 is 28.3 Å². The number of carbonyl (C=O) groups excluding carboxylic acids is 1. The summed E-state index contributed by atoms with van der Waals surface area (Å²) in [5.74, 6) is 1.12. The minimum Gasteiger partial charge on any atom is -0.493 e. The summed E-state index contributed by atoms with van der Waals surface area (Å²) in [7, 11) is 3.10. The molecule has 0 saturated heterocycles. The van der Waals surface area contributed by atoms with Crippen LogP contribution in [0.1, 0.15) is 25.0 Å². The molecule has 1 aliphatic rings. The molecule has 0 amide bonds. The number of nitrogens with zero attached hydrogens (tertiary/aromatic N) is 1. The van der Waals surface area contributed by atoms with Crippen LogP contribution in [-0.2, 0) is 16.1 Å². The van der Waals surface area contributed by atoms with Crippen LogP contribution in [0.3, 0.4) is 0 Å². The van der Waals surface area contributed by atoms with Gasteiger partial charge in [-0.3, -0.25) is 0 Å². The zero-order chi connectivity index (χ0) is 23.6. The van der Waals surface area contributed by atoms with Crippen LogP contribution in [-0.4, -0.2) is 31.5 Å². The van der Waals surface area contributed by atoms with E-state index >= 15 is 0 Å². The molecule has 33 heavy (non-hydrogen) atoms. The van der Waals surface area contributed by atoms with E-state index in [1.165, 1.54) is 12.1 Å². The zero-order valence-electron chi connectivity index (χ0n) is 18.7. The first-order chi connectivity index (χ1) is 15.8. The van der Waals surface area contributed by atoms with E-state index in [4.69, 9.17) is 23.5 Å². The second-order valence-electron chi connectivity index (χ2n) is 7.94. The van der Waals surface area contributed by atoms with Crippen LogP contribution in [0, 0.1) is 0 Å². The monoisotopic (exact) mass is 449 g/mol. The maximum absolute atomic E-state index is 12.2. The average molecular weight is 449 g/mol. The van der Waals surface area contributed by atoms with Gasteiger partial charge in [0.25, 0.3) is 0 Å². The van der Waals surface area contributed by atoms with E-state index < -0.39 is 17.2 Å². The van der Waals surface area contributed by atoms with Gasteiger partial charge in [-0.15, -0.1) is 0 Å². The van der Waals surface area contributed by atoms with Gasteiger partial charge in [0.15, 0.2) is 11.5 Å². The van der Waals surface area contributed by atoms with E-state index in [-0.39, 0.29) is 0 Å². The largest absolute Gasteiger partial charge is 0.493 e. The Kier molecular flexibility index (Phi) is 5.91. The van der Waals surface area contributed by atoms with Crippen molar-refractivity contribution in [3.8, 4) is 17.2 Å². The summed E-state index contributed by atoms with van der Waals surface area (Å²) in [5, 5.41) is 4.84. The number of hydrogen-bond donors (Lipinski definition) is 0. The molecule has 170 valence electrons. The van der Waals surface area contributed by atoms with Crippen LogP contribution in [0.25, 0.3) is 17.0 Å². The Morgan fingerprint density at radius 2 is 1.85 bits per heavy atom. The molecule has 0 N–H and O–H groups in total. The molecule has 0 fully saturated rings. The molecule has 0 spiro atoms. The first-order valence-electron chi connectivity index (χ1n) is 10.2. The van der Waals surface area contributed by atoms with E-state index in [9.17, 15) is 9.59 Å². The van der Waals surface area contributed by atoms with Crippen LogP contribution in [0.4, 0.5) is 0 Å². The first-order valence-corrected chi connectivity index (χ1v) is 10.2. The molecule has 8 heteroatoms. The minimum atomic E-state index is -0.816. The molecule has 4 rings (SSSR count). The summed E-state index contributed by atoms with van der Waals surface area (Å²) in [5.41, 5.74) is 1.36. The maximum Gasteiger partial charge on any atom is 0.358 e. The van der Waals surface area contributed by atoms with E-state index in [2.05, 4.69) is 5.16 Å². The second-order valence-corrected chi connectivity index (χ2v) is 7.94. The lowest BCUT2D eigenvalue weighted by Gasteiger charge is -2.33. The van der Waals surface area contributed by atoms with Crippen LogP contribution < -0.4 is 19.8 Å². The van der Waals surface area contributed by atoms with Crippen LogP contribution in [0.5, 0.6) is 17.2 Å².